The van der Waals surface area contributed by atoms with Crippen molar-refractivity contribution in [2.24, 2.45) is 5.92 Å². The Balaban J connectivity index is 1.26. The summed E-state index contributed by atoms with van der Waals surface area (Å²) in [6.07, 6.45) is 8.38. The second-order valence-electron chi connectivity index (χ2n) is 8.48. The third-order valence-corrected chi connectivity index (χ3v) is 7.22. The molecule has 0 saturated carbocycles. The molecule has 4 heterocycles. The molecular weight excluding hydrogens is 380 g/mol. The minimum Gasteiger partial charge on any atom is -0.340 e. The van der Waals surface area contributed by atoms with E-state index in [0.29, 0.717) is 11.9 Å². The predicted molar refractivity (Wildman–Crippen MR) is 118 cm³/mol. The highest BCUT2D eigenvalue weighted by molar-refractivity contribution is 7.09. The standard InChI is InChI=1S/C23H32N4OS/c1-25(18-22-7-4-14-29-22)23(28)20-6-3-11-27(17-20)21-8-12-26(13-9-21)16-19-5-2-10-24-15-19/h2,4-5,7,10,14-15,20-21H,3,6,8-9,11-13,16-18H2,1H3/t20-/m0/s1. The van der Waals surface area contributed by atoms with Crippen molar-refractivity contribution in [1.29, 1.82) is 0 Å². The molecule has 156 valence electrons. The number of piperidine rings is 2. The summed E-state index contributed by atoms with van der Waals surface area (Å²) in [5.74, 6) is 0.472. The Morgan fingerprint density at radius 2 is 2.07 bits per heavy atom. The fourth-order valence-corrected chi connectivity index (χ4v) is 5.52. The van der Waals surface area contributed by atoms with Gasteiger partial charge in [-0.15, -0.1) is 11.3 Å². The van der Waals surface area contributed by atoms with Gasteiger partial charge in [0.25, 0.3) is 0 Å². The SMILES string of the molecule is CN(Cc1cccs1)C(=O)[C@H]1CCCN(C2CCN(Cc3cccnc3)CC2)C1. The number of pyridine rings is 1. The fourth-order valence-electron chi connectivity index (χ4n) is 4.76. The lowest BCUT2D eigenvalue weighted by Crippen LogP contribution is -2.50. The van der Waals surface area contributed by atoms with Crippen LogP contribution in [0.25, 0.3) is 0 Å². The summed E-state index contributed by atoms with van der Waals surface area (Å²) in [6.45, 7) is 6.07. The van der Waals surface area contributed by atoms with E-state index < -0.39 is 0 Å². The Hall–Kier alpha value is -1.76. The molecule has 2 aromatic heterocycles. The number of amides is 1. The largest absolute Gasteiger partial charge is 0.340 e. The van der Waals surface area contributed by atoms with Crippen molar-refractivity contribution in [3.8, 4) is 0 Å². The summed E-state index contributed by atoms with van der Waals surface area (Å²) >= 11 is 1.73. The molecule has 0 aromatic carbocycles. The summed E-state index contributed by atoms with van der Waals surface area (Å²) < 4.78 is 0. The van der Waals surface area contributed by atoms with E-state index in [1.54, 1.807) is 11.3 Å². The van der Waals surface area contributed by atoms with Crippen molar-refractivity contribution in [2.45, 2.75) is 44.8 Å². The second-order valence-corrected chi connectivity index (χ2v) is 9.51. The molecule has 2 aliphatic heterocycles. The molecule has 0 unspecified atom stereocenters. The molecule has 6 heteroatoms. The molecule has 0 bridgehead atoms. The van der Waals surface area contributed by atoms with Crippen LogP contribution < -0.4 is 0 Å². The number of aromatic nitrogens is 1. The number of hydrogen-bond donors (Lipinski definition) is 0. The van der Waals surface area contributed by atoms with E-state index in [0.717, 1.165) is 52.1 Å². The molecule has 1 amide bonds. The van der Waals surface area contributed by atoms with E-state index in [1.165, 1.54) is 23.3 Å². The minimum atomic E-state index is 0.155. The number of nitrogens with zero attached hydrogens (tertiary/aromatic N) is 4. The molecule has 2 saturated heterocycles. The Morgan fingerprint density at radius 3 is 2.79 bits per heavy atom. The van der Waals surface area contributed by atoms with E-state index in [2.05, 4.69) is 38.4 Å². The molecule has 0 aliphatic carbocycles. The first kappa shape index (κ1) is 20.5. The molecule has 2 aromatic rings. The smallest absolute Gasteiger partial charge is 0.227 e. The number of hydrogen-bond acceptors (Lipinski definition) is 5. The highest BCUT2D eigenvalue weighted by Crippen LogP contribution is 2.26. The highest BCUT2D eigenvalue weighted by atomic mass is 32.1. The van der Waals surface area contributed by atoms with Crippen LogP contribution in [0.4, 0.5) is 0 Å². The lowest BCUT2D eigenvalue weighted by Gasteiger charge is -2.42. The van der Waals surface area contributed by atoms with Gasteiger partial charge in [-0.3, -0.25) is 19.6 Å². The summed E-state index contributed by atoms with van der Waals surface area (Å²) in [5.41, 5.74) is 1.29. The van der Waals surface area contributed by atoms with Crippen molar-refractivity contribution in [1.82, 2.24) is 19.7 Å². The van der Waals surface area contributed by atoms with Crippen LogP contribution in [0, 0.1) is 5.92 Å². The minimum absolute atomic E-state index is 0.155. The van der Waals surface area contributed by atoms with Crippen LogP contribution in [-0.4, -0.2) is 64.9 Å². The number of likely N-dealkylation sites (tertiary alicyclic amines) is 2. The molecule has 4 rings (SSSR count). The maximum Gasteiger partial charge on any atom is 0.227 e. The van der Waals surface area contributed by atoms with Gasteiger partial charge in [0.05, 0.1) is 12.5 Å². The summed E-state index contributed by atoms with van der Waals surface area (Å²) in [7, 11) is 1.96. The van der Waals surface area contributed by atoms with Crippen molar-refractivity contribution in [3.63, 3.8) is 0 Å². The predicted octanol–water partition coefficient (Wildman–Crippen LogP) is 3.48. The van der Waals surface area contributed by atoms with Gasteiger partial charge in [0.2, 0.25) is 5.91 Å². The molecular formula is C23H32N4OS. The van der Waals surface area contributed by atoms with Crippen LogP contribution in [0.1, 0.15) is 36.1 Å². The zero-order chi connectivity index (χ0) is 20.1. The van der Waals surface area contributed by atoms with Gasteiger partial charge >= 0.3 is 0 Å². The van der Waals surface area contributed by atoms with Gasteiger partial charge < -0.3 is 4.90 Å². The quantitative estimate of drug-likeness (QED) is 0.728. The molecule has 2 fully saturated rings. The molecule has 29 heavy (non-hydrogen) atoms. The van der Waals surface area contributed by atoms with Crippen LogP contribution in [0.15, 0.2) is 42.0 Å². The Morgan fingerprint density at radius 1 is 1.21 bits per heavy atom. The van der Waals surface area contributed by atoms with Crippen LogP contribution in [0.3, 0.4) is 0 Å². The van der Waals surface area contributed by atoms with Gasteiger partial charge in [0.15, 0.2) is 0 Å². The van der Waals surface area contributed by atoms with Crippen molar-refractivity contribution >= 4 is 17.2 Å². The molecule has 5 nitrogen and oxygen atoms in total. The highest BCUT2D eigenvalue weighted by Gasteiger charge is 2.32. The Labute approximate surface area is 178 Å². The first-order valence-electron chi connectivity index (χ1n) is 10.8. The van der Waals surface area contributed by atoms with E-state index in [-0.39, 0.29) is 5.92 Å². The third kappa shape index (κ3) is 5.44. The summed E-state index contributed by atoms with van der Waals surface area (Å²) in [4.78, 5) is 25.6. The van der Waals surface area contributed by atoms with Gasteiger partial charge in [-0.1, -0.05) is 12.1 Å². The summed E-state index contributed by atoms with van der Waals surface area (Å²) in [5, 5.41) is 2.08. The lowest BCUT2D eigenvalue weighted by atomic mass is 9.93. The van der Waals surface area contributed by atoms with Gasteiger partial charge in [-0.25, -0.2) is 0 Å². The average molecular weight is 413 g/mol. The number of rotatable bonds is 6. The topological polar surface area (TPSA) is 39.7 Å². The zero-order valence-corrected chi connectivity index (χ0v) is 18.2. The van der Waals surface area contributed by atoms with E-state index >= 15 is 0 Å². The maximum absolute atomic E-state index is 13.0. The molecule has 1 atom stereocenters. The second kappa shape index (κ2) is 9.83. The van der Waals surface area contributed by atoms with Gasteiger partial charge in [0.1, 0.15) is 0 Å². The van der Waals surface area contributed by atoms with E-state index in [1.807, 2.05) is 30.4 Å². The number of carbonyl (C=O) groups excluding carboxylic acids is 1. The number of carbonyl (C=O) groups is 1. The van der Waals surface area contributed by atoms with Crippen LogP contribution in [-0.2, 0) is 17.9 Å². The van der Waals surface area contributed by atoms with Gasteiger partial charge in [0, 0.05) is 43.4 Å². The van der Waals surface area contributed by atoms with Crippen molar-refractivity contribution < 1.29 is 4.79 Å². The summed E-state index contributed by atoms with van der Waals surface area (Å²) in [6, 6.07) is 8.97. The zero-order valence-electron chi connectivity index (χ0n) is 17.4. The van der Waals surface area contributed by atoms with E-state index in [4.69, 9.17) is 0 Å². The maximum atomic E-state index is 13.0. The molecule has 0 N–H and O–H groups in total. The number of thiophene rings is 1. The normalized spacial score (nSPS) is 21.9. The molecule has 0 spiro atoms. The van der Waals surface area contributed by atoms with Crippen LogP contribution >= 0.6 is 11.3 Å². The van der Waals surface area contributed by atoms with Crippen molar-refractivity contribution in [2.75, 3.05) is 33.2 Å². The Kier molecular flexibility index (Phi) is 6.95. The fraction of sp³-hybridized carbons (Fsp3) is 0.565. The van der Waals surface area contributed by atoms with Gasteiger partial charge in [-0.2, -0.15) is 0 Å². The van der Waals surface area contributed by atoms with E-state index in [9.17, 15) is 4.79 Å². The molecule has 2 aliphatic rings. The first-order chi connectivity index (χ1) is 14.2. The van der Waals surface area contributed by atoms with Crippen LogP contribution in [0.5, 0.6) is 0 Å². The van der Waals surface area contributed by atoms with Crippen molar-refractivity contribution in [3.05, 3.63) is 52.5 Å². The first-order valence-corrected chi connectivity index (χ1v) is 11.7. The monoisotopic (exact) mass is 412 g/mol. The molecule has 0 radical (unpaired) electrons. The third-order valence-electron chi connectivity index (χ3n) is 6.35. The average Bonchev–Trinajstić information content (AvgIpc) is 3.27. The Bertz CT molecular complexity index is 758. The lowest BCUT2D eigenvalue weighted by molar-refractivity contribution is -0.137. The van der Waals surface area contributed by atoms with Gasteiger partial charge in [-0.05, 0) is 68.4 Å². The van der Waals surface area contributed by atoms with Crippen LogP contribution in [0.2, 0.25) is 0 Å².